The van der Waals surface area contributed by atoms with Gasteiger partial charge in [-0.05, 0) is 63.9 Å². The predicted molar refractivity (Wildman–Crippen MR) is 155 cm³/mol. The molecule has 4 rings (SSSR count). The zero-order valence-corrected chi connectivity index (χ0v) is 25.2. The lowest BCUT2D eigenvalue weighted by molar-refractivity contribution is -0.193. The summed E-state index contributed by atoms with van der Waals surface area (Å²) < 4.78 is 90.3. The van der Waals surface area contributed by atoms with E-state index in [9.17, 15) is 26.3 Å². The minimum absolute atomic E-state index is 0.00643. The number of anilines is 2. The number of amidine groups is 1. The first-order valence-electron chi connectivity index (χ1n) is 13.7. The number of carbonyl (C=O) groups is 2. The van der Waals surface area contributed by atoms with Gasteiger partial charge >= 0.3 is 24.3 Å². The minimum Gasteiger partial charge on any atom is -0.494 e. The average molecular weight is 680 g/mol. The highest BCUT2D eigenvalue weighted by atomic mass is 19.4. The number of nitrogen functional groups attached to an aromatic ring is 1. The molecule has 0 atom stereocenters. The Balaban J connectivity index is 0.000000459. The van der Waals surface area contributed by atoms with Crippen molar-refractivity contribution in [2.45, 2.75) is 64.5 Å². The molecule has 1 fully saturated rings. The summed E-state index contributed by atoms with van der Waals surface area (Å²) in [5.41, 5.74) is 8.54. The number of benzene rings is 2. The van der Waals surface area contributed by atoms with Gasteiger partial charge in [0.25, 0.3) is 0 Å². The van der Waals surface area contributed by atoms with Crippen LogP contribution in [0.1, 0.15) is 56.4 Å². The van der Waals surface area contributed by atoms with E-state index >= 15 is 4.39 Å². The van der Waals surface area contributed by atoms with E-state index in [1.165, 1.54) is 0 Å². The Labute approximate surface area is 263 Å². The molecule has 0 saturated heterocycles. The molecule has 18 heteroatoms. The van der Waals surface area contributed by atoms with Crippen LogP contribution in [0.15, 0.2) is 42.6 Å². The SMILES string of the molecule is CCOc1cc(CN(c2ccc(C(=N)N)cc2)c2ncc(C3CC3)[nH]2)c(F)c(OC(C)C)c1.O=C(O)C(F)(F)F.O=C(O)C(F)(F)F. The normalized spacial score (nSPS) is 12.7. The third kappa shape index (κ3) is 12.0. The Morgan fingerprint density at radius 3 is 2.02 bits per heavy atom. The van der Waals surface area contributed by atoms with E-state index in [2.05, 4.69) is 9.97 Å². The first-order valence-corrected chi connectivity index (χ1v) is 13.7. The first kappa shape index (κ1) is 38.2. The molecule has 0 radical (unpaired) electrons. The fourth-order valence-corrected chi connectivity index (χ4v) is 3.68. The van der Waals surface area contributed by atoms with Gasteiger partial charge in [-0.2, -0.15) is 26.3 Å². The number of aromatic amines is 1. The molecular weight excluding hydrogens is 647 g/mol. The minimum atomic E-state index is -5.08. The molecule has 1 saturated carbocycles. The van der Waals surface area contributed by atoms with Crippen molar-refractivity contribution in [1.82, 2.24) is 9.97 Å². The largest absolute Gasteiger partial charge is 0.494 e. The van der Waals surface area contributed by atoms with Crippen LogP contribution in [0.4, 0.5) is 42.4 Å². The number of aromatic nitrogens is 2. The lowest BCUT2D eigenvalue weighted by atomic mass is 10.1. The fraction of sp³-hybridized carbons (Fsp3) is 0.379. The molecule has 47 heavy (non-hydrogen) atoms. The Morgan fingerprint density at radius 2 is 1.60 bits per heavy atom. The summed E-state index contributed by atoms with van der Waals surface area (Å²) in [7, 11) is 0. The van der Waals surface area contributed by atoms with Gasteiger partial charge in [-0.1, -0.05) is 0 Å². The fourth-order valence-electron chi connectivity index (χ4n) is 3.68. The number of halogens is 7. The number of H-pyrrole nitrogens is 1. The van der Waals surface area contributed by atoms with Crippen LogP contribution in [0, 0.1) is 11.2 Å². The highest BCUT2D eigenvalue weighted by molar-refractivity contribution is 5.95. The molecule has 0 unspecified atom stereocenters. The molecule has 6 N–H and O–H groups in total. The number of rotatable bonds is 10. The van der Waals surface area contributed by atoms with E-state index in [1.54, 1.807) is 24.3 Å². The van der Waals surface area contributed by atoms with Crippen molar-refractivity contribution in [3.05, 3.63) is 65.2 Å². The number of nitrogens with two attached hydrogens (primary N) is 1. The second kappa shape index (κ2) is 16.0. The van der Waals surface area contributed by atoms with Gasteiger partial charge < -0.3 is 35.3 Å². The van der Waals surface area contributed by atoms with Gasteiger partial charge in [-0.3, -0.25) is 5.41 Å². The van der Waals surface area contributed by atoms with Crippen LogP contribution in [0.2, 0.25) is 0 Å². The number of nitrogens with one attached hydrogen (secondary N) is 2. The molecule has 1 aliphatic carbocycles. The number of alkyl halides is 6. The summed E-state index contributed by atoms with van der Waals surface area (Å²) in [5.74, 6) is -4.10. The van der Waals surface area contributed by atoms with Gasteiger partial charge in [-0.25, -0.2) is 19.0 Å². The Morgan fingerprint density at radius 1 is 1.06 bits per heavy atom. The molecule has 2 aromatic carbocycles. The lowest BCUT2D eigenvalue weighted by Gasteiger charge is -2.24. The summed E-state index contributed by atoms with van der Waals surface area (Å²) in [6.07, 6.45) is -6.19. The van der Waals surface area contributed by atoms with Crippen LogP contribution < -0.4 is 20.1 Å². The third-order valence-electron chi connectivity index (χ3n) is 5.92. The summed E-state index contributed by atoms with van der Waals surface area (Å²) in [5, 5.41) is 21.9. The highest BCUT2D eigenvalue weighted by Gasteiger charge is 2.39. The number of nitrogens with zero attached hydrogens (tertiary/aromatic N) is 2. The molecule has 258 valence electrons. The number of carboxylic acids is 2. The second-order valence-corrected chi connectivity index (χ2v) is 10.1. The van der Waals surface area contributed by atoms with Crippen molar-refractivity contribution in [2.75, 3.05) is 11.5 Å². The van der Waals surface area contributed by atoms with Crippen molar-refractivity contribution in [3.8, 4) is 11.5 Å². The van der Waals surface area contributed by atoms with Gasteiger partial charge in [0.2, 0.25) is 5.95 Å². The number of ether oxygens (including phenoxy) is 2. The van der Waals surface area contributed by atoms with Gasteiger partial charge in [0.1, 0.15) is 11.6 Å². The van der Waals surface area contributed by atoms with E-state index in [-0.39, 0.29) is 24.2 Å². The van der Waals surface area contributed by atoms with Crippen LogP contribution >= 0.6 is 0 Å². The molecule has 1 heterocycles. The number of aliphatic carboxylic acids is 2. The van der Waals surface area contributed by atoms with Gasteiger partial charge in [0.05, 0.1) is 25.5 Å². The number of imidazole rings is 1. The molecule has 3 aromatic rings. The van der Waals surface area contributed by atoms with E-state index in [0.29, 0.717) is 35.3 Å². The van der Waals surface area contributed by atoms with E-state index in [1.807, 2.05) is 44.0 Å². The Bertz CT molecular complexity index is 1500. The Hall–Kier alpha value is -5.03. The molecule has 1 aliphatic rings. The van der Waals surface area contributed by atoms with Crippen molar-refractivity contribution in [1.29, 1.82) is 5.41 Å². The maximum Gasteiger partial charge on any atom is 0.490 e. The van der Waals surface area contributed by atoms with Crippen LogP contribution in [0.3, 0.4) is 0 Å². The predicted octanol–water partition coefficient (Wildman–Crippen LogP) is 6.50. The quantitative estimate of drug-likeness (QED) is 0.0910. The molecule has 0 amide bonds. The molecular formula is C29H32F7N5O6. The maximum absolute atomic E-state index is 15.5. The van der Waals surface area contributed by atoms with E-state index in [0.717, 1.165) is 24.2 Å². The number of hydrogen-bond acceptors (Lipinski definition) is 7. The zero-order valence-electron chi connectivity index (χ0n) is 25.2. The standard InChI is InChI=1S/C25H30FN5O2.2C2HF3O2/c1-4-32-20-11-18(23(26)22(12-20)33-15(2)3)14-31(19-9-7-17(8-10-19)24(27)28)25-29-13-21(30-25)16-5-6-16;2*3-2(4,5)1(6)7/h7-13,15-16H,4-6,14H2,1-3H3,(H3,27,28)(H,29,30);2*(H,6,7). The second-order valence-electron chi connectivity index (χ2n) is 10.1. The maximum atomic E-state index is 15.5. The number of hydrogen-bond donors (Lipinski definition) is 5. The van der Waals surface area contributed by atoms with Crippen LogP contribution in [0.5, 0.6) is 11.5 Å². The van der Waals surface area contributed by atoms with Crippen molar-refractivity contribution in [2.24, 2.45) is 5.73 Å². The molecule has 0 spiro atoms. The van der Waals surface area contributed by atoms with Crippen molar-refractivity contribution >= 4 is 29.4 Å². The summed E-state index contributed by atoms with van der Waals surface area (Å²) in [6, 6.07) is 10.5. The van der Waals surface area contributed by atoms with Crippen molar-refractivity contribution < 1.29 is 60.0 Å². The third-order valence-corrected chi connectivity index (χ3v) is 5.92. The number of carboxylic acid groups (broad SMARTS) is 2. The molecule has 1 aromatic heterocycles. The van der Waals surface area contributed by atoms with Gasteiger partial charge in [0.15, 0.2) is 11.6 Å². The first-order chi connectivity index (χ1) is 21.7. The summed E-state index contributed by atoms with van der Waals surface area (Å²) in [4.78, 5) is 27.7. The van der Waals surface area contributed by atoms with Crippen LogP contribution in [0.25, 0.3) is 0 Å². The molecule has 11 nitrogen and oxygen atoms in total. The topological polar surface area (TPSA) is 175 Å². The smallest absolute Gasteiger partial charge is 0.490 e. The van der Waals surface area contributed by atoms with Gasteiger partial charge in [0, 0.05) is 34.5 Å². The monoisotopic (exact) mass is 679 g/mol. The summed E-state index contributed by atoms with van der Waals surface area (Å²) >= 11 is 0. The molecule has 0 aliphatic heterocycles. The van der Waals surface area contributed by atoms with Crippen molar-refractivity contribution in [3.63, 3.8) is 0 Å². The van der Waals surface area contributed by atoms with Crippen LogP contribution in [-0.2, 0) is 16.1 Å². The highest BCUT2D eigenvalue weighted by Crippen LogP contribution is 2.40. The molecule has 0 bridgehead atoms. The average Bonchev–Trinajstić information content (AvgIpc) is 3.70. The summed E-state index contributed by atoms with van der Waals surface area (Å²) in [6.45, 7) is 6.27. The van der Waals surface area contributed by atoms with E-state index < -0.39 is 30.1 Å². The lowest BCUT2D eigenvalue weighted by Crippen LogP contribution is -2.21. The Kier molecular flexibility index (Phi) is 13.0. The zero-order chi connectivity index (χ0) is 35.7. The van der Waals surface area contributed by atoms with Crippen LogP contribution in [-0.4, -0.2) is 63.0 Å². The van der Waals surface area contributed by atoms with Gasteiger partial charge in [-0.15, -0.1) is 0 Å². The van der Waals surface area contributed by atoms with E-state index in [4.69, 9.17) is 40.4 Å².